The normalized spacial score (nSPS) is 16.1. The van der Waals surface area contributed by atoms with E-state index in [9.17, 15) is 13.2 Å². The maximum atomic E-state index is 13.1. The van der Waals surface area contributed by atoms with Crippen LogP contribution < -0.4 is 14.9 Å². The standard InChI is InChI=1S/C25H36N4O3S/c1-18(2)16-24(27-33(31,32)22-9-6-19(3)7-10-22)25(30)26-23-11-8-21(17-20(23)4)29-14-12-28(5)13-15-29/h6-11,17-18,24,27H,12-16H2,1-5H3,(H,26,30)/t24-/m1/s1. The summed E-state index contributed by atoms with van der Waals surface area (Å²) in [7, 11) is -1.69. The Kier molecular flexibility index (Phi) is 8.15. The lowest BCUT2D eigenvalue weighted by molar-refractivity contribution is -0.118. The van der Waals surface area contributed by atoms with Crippen LogP contribution in [0.5, 0.6) is 0 Å². The first kappa shape index (κ1) is 25.2. The van der Waals surface area contributed by atoms with E-state index in [4.69, 9.17) is 0 Å². The van der Waals surface area contributed by atoms with Gasteiger partial charge in [0, 0.05) is 37.6 Å². The van der Waals surface area contributed by atoms with E-state index in [1.54, 1.807) is 24.3 Å². The number of aryl methyl sites for hydroxylation is 2. The predicted octanol–water partition coefficient (Wildman–Crippen LogP) is 3.39. The number of piperazine rings is 1. The van der Waals surface area contributed by atoms with Crippen molar-refractivity contribution in [3.63, 3.8) is 0 Å². The van der Waals surface area contributed by atoms with Crippen molar-refractivity contribution >= 4 is 27.3 Å². The van der Waals surface area contributed by atoms with Gasteiger partial charge in [0.25, 0.3) is 0 Å². The molecule has 1 aliphatic rings. The number of benzene rings is 2. The van der Waals surface area contributed by atoms with Gasteiger partial charge in [0.15, 0.2) is 0 Å². The third-order valence-electron chi connectivity index (χ3n) is 5.99. The van der Waals surface area contributed by atoms with Crippen molar-refractivity contribution in [2.75, 3.05) is 43.4 Å². The molecule has 7 nitrogen and oxygen atoms in total. The van der Waals surface area contributed by atoms with Gasteiger partial charge in [0.2, 0.25) is 15.9 Å². The molecule has 1 saturated heterocycles. The van der Waals surface area contributed by atoms with E-state index in [0.717, 1.165) is 43.0 Å². The molecular formula is C25H36N4O3S. The Morgan fingerprint density at radius 3 is 2.21 bits per heavy atom. The van der Waals surface area contributed by atoms with Gasteiger partial charge in [-0.15, -0.1) is 0 Å². The van der Waals surface area contributed by atoms with Crippen molar-refractivity contribution in [3.8, 4) is 0 Å². The summed E-state index contributed by atoms with van der Waals surface area (Å²) in [6.45, 7) is 11.8. The van der Waals surface area contributed by atoms with E-state index >= 15 is 0 Å². The second-order valence-corrected chi connectivity index (χ2v) is 11.1. The molecule has 3 rings (SSSR count). The third-order valence-corrected chi connectivity index (χ3v) is 7.48. The Labute approximate surface area is 198 Å². The zero-order valence-electron chi connectivity index (χ0n) is 20.3. The highest BCUT2D eigenvalue weighted by Crippen LogP contribution is 2.24. The Morgan fingerprint density at radius 2 is 1.64 bits per heavy atom. The number of hydrogen-bond donors (Lipinski definition) is 2. The van der Waals surface area contributed by atoms with Crippen molar-refractivity contribution in [2.45, 2.75) is 45.1 Å². The third kappa shape index (κ3) is 6.79. The van der Waals surface area contributed by atoms with Gasteiger partial charge in [0.05, 0.1) is 4.90 Å². The minimum absolute atomic E-state index is 0.141. The van der Waals surface area contributed by atoms with Crippen LogP contribution in [0.15, 0.2) is 47.4 Å². The van der Waals surface area contributed by atoms with Crippen LogP contribution in [0.4, 0.5) is 11.4 Å². The van der Waals surface area contributed by atoms with Crippen LogP contribution >= 0.6 is 0 Å². The molecule has 8 heteroatoms. The highest BCUT2D eigenvalue weighted by atomic mass is 32.2. The molecule has 0 aliphatic carbocycles. The number of carbonyl (C=O) groups is 1. The summed E-state index contributed by atoms with van der Waals surface area (Å²) in [6.07, 6.45) is 0.398. The summed E-state index contributed by atoms with van der Waals surface area (Å²) in [4.78, 5) is 17.9. The lowest BCUT2D eigenvalue weighted by Gasteiger charge is -2.34. The van der Waals surface area contributed by atoms with Gasteiger partial charge < -0.3 is 15.1 Å². The fourth-order valence-corrected chi connectivity index (χ4v) is 5.13. The summed E-state index contributed by atoms with van der Waals surface area (Å²) in [6, 6.07) is 11.7. The topological polar surface area (TPSA) is 81.7 Å². The molecule has 2 aromatic carbocycles. The molecule has 1 fully saturated rings. The molecule has 0 unspecified atom stereocenters. The first-order valence-corrected chi connectivity index (χ1v) is 13.0. The number of amides is 1. The largest absolute Gasteiger partial charge is 0.369 e. The maximum Gasteiger partial charge on any atom is 0.242 e. The molecule has 0 bridgehead atoms. The number of nitrogens with zero attached hydrogens (tertiary/aromatic N) is 2. The van der Waals surface area contributed by atoms with Crippen molar-refractivity contribution < 1.29 is 13.2 Å². The number of sulfonamides is 1. The van der Waals surface area contributed by atoms with E-state index in [-0.39, 0.29) is 16.7 Å². The molecule has 1 heterocycles. The molecule has 0 saturated carbocycles. The van der Waals surface area contributed by atoms with Crippen LogP contribution in [0, 0.1) is 19.8 Å². The number of likely N-dealkylation sites (N-methyl/N-ethyl adjacent to an activating group) is 1. The number of hydrogen-bond acceptors (Lipinski definition) is 5. The average molecular weight is 473 g/mol. The number of anilines is 2. The van der Waals surface area contributed by atoms with Crippen LogP contribution in [0.3, 0.4) is 0 Å². The van der Waals surface area contributed by atoms with E-state index in [1.807, 2.05) is 39.8 Å². The quantitative estimate of drug-likeness (QED) is 0.616. The van der Waals surface area contributed by atoms with E-state index in [2.05, 4.69) is 33.0 Å². The molecule has 0 spiro atoms. The Hall–Kier alpha value is -2.42. The lowest BCUT2D eigenvalue weighted by Crippen LogP contribution is -2.45. The summed E-state index contributed by atoms with van der Waals surface area (Å²) < 4.78 is 28.4. The van der Waals surface area contributed by atoms with Crippen LogP contribution in [-0.4, -0.2) is 58.5 Å². The fraction of sp³-hybridized carbons (Fsp3) is 0.480. The summed E-state index contributed by atoms with van der Waals surface area (Å²) in [5.74, 6) is -0.211. The number of nitrogens with one attached hydrogen (secondary N) is 2. The van der Waals surface area contributed by atoms with Gasteiger partial charge >= 0.3 is 0 Å². The monoisotopic (exact) mass is 472 g/mol. The van der Waals surface area contributed by atoms with Crippen molar-refractivity contribution in [3.05, 3.63) is 53.6 Å². The van der Waals surface area contributed by atoms with Crippen molar-refractivity contribution in [1.29, 1.82) is 0 Å². The molecule has 0 radical (unpaired) electrons. The zero-order chi connectivity index (χ0) is 24.2. The molecule has 1 atom stereocenters. The van der Waals surface area contributed by atoms with Crippen molar-refractivity contribution in [1.82, 2.24) is 9.62 Å². The van der Waals surface area contributed by atoms with E-state index < -0.39 is 16.1 Å². The molecular weight excluding hydrogens is 436 g/mol. The molecule has 2 N–H and O–H groups in total. The zero-order valence-corrected chi connectivity index (χ0v) is 21.1. The Bertz CT molecular complexity index is 1060. The summed E-state index contributed by atoms with van der Waals surface area (Å²) in [5.41, 5.74) is 3.75. The number of carbonyl (C=O) groups excluding carboxylic acids is 1. The molecule has 1 amide bonds. The highest BCUT2D eigenvalue weighted by molar-refractivity contribution is 7.89. The van der Waals surface area contributed by atoms with Gasteiger partial charge in [-0.2, -0.15) is 4.72 Å². The van der Waals surface area contributed by atoms with Gasteiger partial charge in [0.1, 0.15) is 6.04 Å². The maximum absolute atomic E-state index is 13.1. The average Bonchev–Trinajstić information content (AvgIpc) is 2.75. The fourth-order valence-electron chi connectivity index (χ4n) is 3.92. The minimum atomic E-state index is -3.82. The predicted molar refractivity (Wildman–Crippen MR) is 134 cm³/mol. The van der Waals surface area contributed by atoms with Gasteiger partial charge in [-0.05, 0) is 69.1 Å². The van der Waals surface area contributed by atoms with Crippen LogP contribution in [0.1, 0.15) is 31.4 Å². The number of rotatable bonds is 8. The first-order valence-electron chi connectivity index (χ1n) is 11.5. The van der Waals surface area contributed by atoms with Gasteiger partial charge in [-0.1, -0.05) is 31.5 Å². The second kappa shape index (κ2) is 10.7. The molecule has 0 aromatic heterocycles. The molecule has 2 aromatic rings. The molecule has 33 heavy (non-hydrogen) atoms. The SMILES string of the molecule is Cc1ccc(S(=O)(=O)N[C@H](CC(C)C)C(=O)Nc2ccc(N3CCN(C)CC3)cc2C)cc1. The van der Waals surface area contributed by atoms with Gasteiger partial charge in [-0.3, -0.25) is 4.79 Å². The molecule has 180 valence electrons. The first-order chi connectivity index (χ1) is 15.5. The Balaban J connectivity index is 1.74. The summed E-state index contributed by atoms with van der Waals surface area (Å²) in [5, 5.41) is 2.94. The smallest absolute Gasteiger partial charge is 0.242 e. The van der Waals surface area contributed by atoms with E-state index in [0.29, 0.717) is 12.1 Å². The van der Waals surface area contributed by atoms with Crippen LogP contribution in [0.25, 0.3) is 0 Å². The second-order valence-electron chi connectivity index (χ2n) is 9.40. The summed E-state index contributed by atoms with van der Waals surface area (Å²) >= 11 is 0. The van der Waals surface area contributed by atoms with Crippen molar-refractivity contribution in [2.24, 2.45) is 5.92 Å². The van der Waals surface area contributed by atoms with Crippen LogP contribution in [0.2, 0.25) is 0 Å². The van der Waals surface area contributed by atoms with E-state index in [1.165, 1.54) is 0 Å². The molecule has 1 aliphatic heterocycles. The van der Waals surface area contributed by atoms with Crippen LogP contribution in [-0.2, 0) is 14.8 Å². The Morgan fingerprint density at radius 1 is 1.00 bits per heavy atom. The minimum Gasteiger partial charge on any atom is -0.369 e. The van der Waals surface area contributed by atoms with Gasteiger partial charge in [-0.25, -0.2) is 8.42 Å². The highest BCUT2D eigenvalue weighted by Gasteiger charge is 2.27. The lowest BCUT2D eigenvalue weighted by atomic mass is 10.0.